The maximum absolute atomic E-state index is 12.6. The van der Waals surface area contributed by atoms with Crippen LogP contribution in [0.2, 0.25) is 0 Å². The lowest BCUT2D eigenvalue weighted by Gasteiger charge is -2.32. The van der Waals surface area contributed by atoms with E-state index >= 15 is 0 Å². The Bertz CT molecular complexity index is 827. The molecule has 0 unspecified atom stereocenters. The Morgan fingerprint density at radius 3 is 2.47 bits per heavy atom. The van der Waals surface area contributed by atoms with E-state index in [9.17, 15) is 4.79 Å². The molecule has 3 heterocycles. The zero-order valence-corrected chi connectivity index (χ0v) is 17.4. The second-order valence-electron chi connectivity index (χ2n) is 7.58. The second-order valence-corrected chi connectivity index (χ2v) is 7.58. The number of nitrogens with one attached hydrogen (secondary N) is 2. The van der Waals surface area contributed by atoms with Crippen LogP contribution in [0.25, 0.3) is 0 Å². The molecule has 4 rings (SSSR count). The molecule has 2 amide bonds. The highest BCUT2D eigenvalue weighted by Gasteiger charge is 2.19. The number of hydrogen-bond donors (Lipinski definition) is 2. The zero-order chi connectivity index (χ0) is 20.8. The third-order valence-corrected chi connectivity index (χ3v) is 5.31. The van der Waals surface area contributed by atoms with E-state index < -0.39 is 0 Å². The van der Waals surface area contributed by atoms with Crippen LogP contribution < -0.4 is 20.4 Å². The summed E-state index contributed by atoms with van der Waals surface area (Å²) in [5.74, 6) is 1.39. The summed E-state index contributed by atoms with van der Waals surface area (Å²) in [4.78, 5) is 21.8. The van der Waals surface area contributed by atoms with Gasteiger partial charge in [0.15, 0.2) is 0 Å². The van der Waals surface area contributed by atoms with Crippen LogP contribution in [-0.2, 0) is 9.47 Å². The van der Waals surface area contributed by atoms with Gasteiger partial charge >= 0.3 is 6.03 Å². The first kappa shape index (κ1) is 20.4. The molecule has 8 heteroatoms. The number of hydrogen-bond acceptors (Lipinski definition) is 6. The summed E-state index contributed by atoms with van der Waals surface area (Å²) < 4.78 is 11.0. The molecule has 0 spiro atoms. The lowest BCUT2D eigenvalue weighted by molar-refractivity contribution is 0.122. The van der Waals surface area contributed by atoms with Gasteiger partial charge < -0.3 is 24.6 Å². The quantitative estimate of drug-likeness (QED) is 0.787. The minimum absolute atomic E-state index is 0. The molecule has 0 atom stereocenters. The fraction of sp³-hybridized carbons (Fsp3) is 0.455. The summed E-state index contributed by atoms with van der Waals surface area (Å²) in [5, 5.41) is 5.82. The summed E-state index contributed by atoms with van der Waals surface area (Å²) in [6, 6.07) is 3.72. The Morgan fingerprint density at radius 2 is 1.73 bits per heavy atom. The van der Waals surface area contributed by atoms with Gasteiger partial charge in [0, 0.05) is 52.5 Å². The van der Waals surface area contributed by atoms with Crippen molar-refractivity contribution in [2.45, 2.75) is 13.3 Å². The van der Waals surface area contributed by atoms with Gasteiger partial charge in [-0.3, -0.25) is 5.32 Å². The maximum Gasteiger partial charge on any atom is 0.324 e. The Kier molecular flexibility index (Phi) is 6.66. The molecule has 2 saturated heterocycles. The summed E-state index contributed by atoms with van der Waals surface area (Å²) in [7, 11) is 0. The summed E-state index contributed by atoms with van der Waals surface area (Å²) in [5.41, 5.74) is 3.07. The van der Waals surface area contributed by atoms with Crippen LogP contribution in [0.1, 0.15) is 16.2 Å². The number of rotatable bonds is 4. The predicted molar refractivity (Wildman–Crippen MR) is 122 cm³/mol. The third-order valence-electron chi connectivity index (χ3n) is 5.31. The van der Waals surface area contributed by atoms with Crippen molar-refractivity contribution in [2.24, 2.45) is 0 Å². The van der Waals surface area contributed by atoms with Crippen molar-refractivity contribution in [3.63, 3.8) is 0 Å². The molecule has 2 aliphatic heterocycles. The number of nitrogens with zero attached hydrogens (tertiary/aromatic N) is 3. The standard InChI is InChI=1S/C22H29N5O3.2H2/c1-17-3-2-4-18(6-5-17)23-22(28)25-20-15-19(26-7-11-29-12-8-26)16-21(24-20)27-9-13-30-14-10-27;;/h2-4,6,15-16H,5,7-14H2,1H3,(H2,23,24,25,28);2*1H. The fourth-order valence-electron chi connectivity index (χ4n) is 3.62. The molecule has 1 aliphatic carbocycles. The summed E-state index contributed by atoms with van der Waals surface area (Å²) >= 11 is 0. The Balaban J connectivity index is 0.00000181. The van der Waals surface area contributed by atoms with E-state index in [1.807, 2.05) is 30.4 Å². The normalized spacial score (nSPS) is 19.6. The topological polar surface area (TPSA) is 79.0 Å². The van der Waals surface area contributed by atoms with Crippen molar-refractivity contribution in [1.29, 1.82) is 0 Å². The number of pyridine rings is 1. The molecule has 0 radical (unpaired) electrons. The van der Waals surface area contributed by atoms with Crippen LogP contribution >= 0.6 is 0 Å². The molecule has 30 heavy (non-hydrogen) atoms. The Labute approximate surface area is 180 Å². The SMILES string of the molecule is CC1=CC=CC(NC(=O)Nc2cc(N3CCOCC3)cc(N3CCOCC3)n2)=CC1.[HH].[HH]. The number of ether oxygens (including phenoxy) is 2. The van der Waals surface area contributed by atoms with Gasteiger partial charge in [-0.15, -0.1) is 0 Å². The summed E-state index contributed by atoms with van der Waals surface area (Å²) in [6.45, 7) is 8.05. The van der Waals surface area contributed by atoms with Crippen LogP contribution in [0.3, 0.4) is 0 Å². The molecule has 1 aromatic rings. The molecule has 0 bridgehead atoms. The second kappa shape index (κ2) is 9.77. The Hall–Kier alpha value is -2.84. The van der Waals surface area contributed by atoms with Gasteiger partial charge in [-0.2, -0.15) is 0 Å². The van der Waals surface area contributed by atoms with Gasteiger partial charge in [0.2, 0.25) is 0 Å². The van der Waals surface area contributed by atoms with Crippen LogP contribution in [0, 0.1) is 0 Å². The van der Waals surface area contributed by atoms with Crippen molar-refractivity contribution in [3.05, 3.63) is 47.7 Å². The zero-order valence-electron chi connectivity index (χ0n) is 17.4. The molecule has 3 aliphatic rings. The molecule has 2 N–H and O–H groups in total. The predicted octanol–water partition coefficient (Wildman–Crippen LogP) is 3.16. The smallest absolute Gasteiger partial charge is 0.324 e. The molecular weight excluding hydrogens is 382 g/mol. The average Bonchev–Trinajstić information content (AvgIpc) is 2.98. The molecule has 0 saturated carbocycles. The number of aromatic nitrogens is 1. The highest BCUT2D eigenvalue weighted by Crippen LogP contribution is 2.26. The minimum atomic E-state index is -0.301. The van der Waals surface area contributed by atoms with Crippen molar-refractivity contribution >= 4 is 23.4 Å². The summed E-state index contributed by atoms with van der Waals surface area (Å²) in [6.07, 6.45) is 8.71. The molecule has 164 valence electrons. The molecule has 0 aromatic carbocycles. The van der Waals surface area contributed by atoms with Crippen molar-refractivity contribution in [1.82, 2.24) is 10.3 Å². The number of allylic oxidation sites excluding steroid dienone is 5. The minimum Gasteiger partial charge on any atom is -0.378 e. The number of carbonyl (C=O) groups excluding carboxylic acids is 1. The van der Waals surface area contributed by atoms with Gasteiger partial charge in [0.25, 0.3) is 0 Å². The van der Waals surface area contributed by atoms with Crippen molar-refractivity contribution in [2.75, 3.05) is 67.7 Å². The lowest BCUT2D eigenvalue weighted by Crippen LogP contribution is -2.38. The maximum atomic E-state index is 12.6. The van der Waals surface area contributed by atoms with E-state index in [-0.39, 0.29) is 8.88 Å². The lowest BCUT2D eigenvalue weighted by atomic mass is 10.2. The number of urea groups is 1. The first-order chi connectivity index (χ1) is 14.7. The first-order valence-corrected chi connectivity index (χ1v) is 10.5. The van der Waals surface area contributed by atoms with Gasteiger partial charge in [-0.25, -0.2) is 9.78 Å². The third kappa shape index (κ3) is 5.40. The van der Waals surface area contributed by atoms with E-state index in [0.29, 0.717) is 32.2 Å². The van der Waals surface area contributed by atoms with E-state index in [0.717, 1.165) is 49.8 Å². The molecule has 1 aromatic heterocycles. The monoisotopic (exact) mass is 415 g/mol. The van der Waals surface area contributed by atoms with Crippen LogP contribution in [0.4, 0.5) is 22.1 Å². The molecule has 8 nitrogen and oxygen atoms in total. The fourth-order valence-corrected chi connectivity index (χ4v) is 3.62. The first-order valence-electron chi connectivity index (χ1n) is 10.5. The number of carbonyl (C=O) groups is 1. The largest absolute Gasteiger partial charge is 0.378 e. The van der Waals surface area contributed by atoms with Gasteiger partial charge in [0.1, 0.15) is 11.6 Å². The van der Waals surface area contributed by atoms with Crippen molar-refractivity contribution < 1.29 is 17.1 Å². The van der Waals surface area contributed by atoms with E-state index in [1.165, 1.54) is 5.57 Å². The van der Waals surface area contributed by atoms with Gasteiger partial charge in [0.05, 0.1) is 26.4 Å². The molecule has 2 fully saturated rings. The highest BCUT2D eigenvalue weighted by molar-refractivity contribution is 5.90. The van der Waals surface area contributed by atoms with Crippen LogP contribution in [-0.4, -0.2) is 63.6 Å². The van der Waals surface area contributed by atoms with E-state index in [1.54, 1.807) is 0 Å². The Morgan fingerprint density at radius 1 is 1.03 bits per heavy atom. The number of morpholine rings is 2. The van der Waals surface area contributed by atoms with E-state index in [4.69, 9.17) is 14.5 Å². The highest BCUT2D eigenvalue weighted by atomic mass is 16.5. The van der Waals surface area contributed by atoms with Crippen LogP contribution in [0.15, 0.2) is 47.7 Å². The number of anilines is 3. The number of amides is 2. The van der Waals surface area contributed by atoms with Gasteiger partial charge in [-0.05, 0) is 19.4 Å². The van der Waals surface area contributed by atoms with Crippen molar-refractivity contribution in [3.8, 4) is 0 Å². The van der Waals surface area contributed by atoms with Gasteiger partial charge in [-0.1, -0.05) is 23.8 Å². The van der Waals surface area contributed by atoms with E-state index in [2.05, 4.69) is 33.4 Å². The molecular formula is C22H33N5O3. The van der Waals surface area contributed by atoms with Crippen LogP contribution in [0.5, 0.6) is 0 Å². The average molecular weight is 416 g/mol.